The summed E-state index contributed by atoms with van der Waals surface area (Å²) in [6.07, 6.45) is 2.49. The predicted molar refractivity (Wildman–Crippen MR) is 164 cm³/mol. The fourth-order valence-corrected chi connectivity index (χ4v) is 4.73. The van der Waals surface area contributed by atoms with Gasteiger partial charge in [0.05, 0.1) is 6.21 Å². The lowest BCUT2D eigenvalue weighted by atomic mass is 9.78. The number of benzene rings is 4. The number of aryl methyl sites for hydroxylation is 1. The van der Waals surface area contributed by atoms with Crippen molar-refractivity contribution in [1.82, 2.24) is 5.43 Å². The molecule has 0 heterocycles. The molecule has 2 N–H and O–H groups in total. The first-order valence-corrected chi connectivity index (χ1v) is 13.8. The van der Waals surface area contributed by atoms with Crippen LogP contribution in [0, 0.1) is 0 Å². The number of nitrogens with zero attached hydrogens (tertiary/aromatic N) is 1. The maximum atomic E-state index is 12.8. The summed E-state index contributed by atoms with van der Waals surface area (Å²) in [6, 6.07) is 26.1. The molecule has 0 spiro atoms. The molecule has 0 aliphatic rings. The molecule has 4 aromatic rings. The van der Waals surface area contributed by atoms with E-state index in [9.17, 15) is 9.90 Å². The lowest BCUT2D eigenvalue weighted by molar-refractivity contribution is -0.121. The second-order valence-electron chi connectivity index (χ2n) is 12.3. The first-order valence-electron chi connectivity index (χ1n) is 13.8. The van der Waals surface area contributed by atoms with E-state index in [1.807, 2.05) is 78.9 Å². The Morgan fingerprint density at radius 3 is 2.12 bits per heavy atom. The van der Waals surface area contributed by atoms with E-state index in [4.69, 9.17) is 4.74 Å². The Hall–Kier alpha value is -4.12. The normalized spacial score (nSPS) is 12.2. The number of hydrogen-bond acceptors (Lipinski definition) is 4. The highest BCUT2D eigenvalue weighted by Gasteiger charge is 2.26. The summed E-state index contributed by atoms with van der Waals surface area (Å²) in [5.74, 6) is 0.873. The van der Waals surface area contributed by atoms with Crippen LogP contribution in [-0.4, -0.2) is 17.2 Å². The maximum Gasteiger partial charge on any atom is 0.240 e. The Balaban J connectivity index is 1.49. The molecule has 0 aromatic heterocycles. The zero-order chi connectivity index (χ0) is 28.9. The lowest BCUT2D eigenvalue weighted by Gasteiger charge is -2.28. The summed E-state index contributed by atoms with van der Waals surface area (Å²) in [4.78, 5) is 12.8. The number of phenols is 1. The van der Waals surface area contributed by atoms with Crippen molar-refractivity contribution in [2.75, 3.05) is 0 Å². The smallest absolute Gasteiger partial charge is 0.240 e. The SMILES string of the molecule is CC(C)(C)c1cc(CCC(=O)NN=Cc2c(OCc3ccccc3)ccc3ccccc23)cc(C(C)(C)C)c1O. The minimum Gasteiger partial charge on any atom is -0.507 e. The zero-order valence-electron chi connectivity index (χ0n) is 24.4. The average molecular weight is 537 g/mol. The molecule has 5 nitrogen and oxygen atoms in total. The van der Waals surface area contributed by atoms with Gasteiger partial charge < -0.3 is 9.84 Å². The third-order valence-corrected chi connectivity index (χ3v) is 6.98. The number of carbonyl (C=O) groups excluding carboxylic acids is 1. The van der Waals surface area contributed by atoms with Crippen molar-refractivity contribution < 1.29 is 14.6 Å². The van der Waals surface area contributed by atoms with Crippen LogP contribution in [0.5, 0.6) is 11.5 Å². The number of aromatic hydroxyl groups is 1. The van der Waals surface area contributed by atoms with E-state index >= 15 is 0 Å². The molecule has 0 bridgehead atoms. The number of rotatable bonds is 8. The second kappa shape index (κ2) is 12.0. The summed E-state index contributed by atoms with van der Waals surface area (Å²) in [7, 11) is 0. The van der Waals surface area contributed by atoms with Crippen molar-refractivity contribution in [2.24, 2.45) is 5.10 Å². The maximum absolute atomic E-state index is 12.8. The molecular weight excluding hydrogens is 496 g/mol. The highest BCUT2D eigenvalue weighted by Crippen LogP contribution is 2.40. The summed E-state index contributed by atoms with van der Waals surface area (Å²) in [6.45, 7) is 13.0. The van der Waals surface area contributed by atoms with E-state index in [1.54, 1.807) is 6.21 Å². The summed E-state index contributed by atoms with van der Waals surface area (Å²) in [5.41, 5.74) is 6.97. The van der Waals surface area contributed by atoms with E-state index in [-0.39, 0.29) is 23.2 Å². The number of carbonyl (C=O) groups is 1. The van der Waals surface area contributed by atoms with Crippen LogP contribution < -0.4 is 10.2 Å². The van der Waals surface area contributed by atoms with Crippen LogP contribution in [0.3, 0.4) is 0 Å². The first kappa shape index (κ1) is 28.9. The average Bonchev–Trinajstić information content (AvgIpc) is 2.91. The fraction of sp³-hybridized carbons (Fsp3) is 0.314. The molecular formula is C35H40N2O3. The summed E-state index contributed by atoms with van der Waals surface area (Å²) < 4.78 is 6.16. The van der Waals surface area contributed by atoms with Gasteiger partial charge in [0, 0.05) is 12.0 Å². The van der Waals surface area contributed by atoms with E-state index in [1.165, 1.54) is 0 Å². The molecule has 0 saturated heterocycles. The van der Waals surface area contributed by atoms with Crippen LogP contribution in [0.15, 0.2) is 84.0 Å². The van der Waals surface area contributed by atoms with Gasteiger partial charge in [-0.1, -0.05) is 114 Å². The molecule has 0 aliphatic heterocycles. The van der Waals surface area contributed by atoms with Gasteiger partial charge in [-0.3, -0.25) is 4.79 Å². The second-order valence-corrected chi connectivity index (χ2v) is 12.3. The van der Waals surface area contributed by atoms with Crippen molar-refractivity contribution in [1.29, 1.82) is 0 Å². The Kier molecular flexibility index (Phi) is 8.63. The number of ether oxygens (including phenoxy) is 1. The minimum atomic E-state index is -0.217. The predicted octanol–water partition coefficient (Wildman–Crippen LogP) is 7.80. The van der Waals surface area contributed by atoms with Gasteiger partial charge in [-0.15, -0.1) is 0 Å². The number of fused-ring (bicyclic) bond motifs is 1. The molecule has 0 radical (unpaired) electrons. The molecule has 0 saturated carbocycles. The molecule has 5 heteroatoms. The highest BCUT2D eigenvalue weighted by molar-refractivity contribution is 6.02. The minimum absolute atomic E-state index is 0.175. The zero-order valence-corrected chi connectivity index (χ0v) is 24.4. The molecule has 4 aromatic carbocycles. The molecule has 1 amide bonds. The van der Waals surface area contributed by atoms with Gasteiger partial charge >= 0.3 is 0 Å². The number of hydrazone groups is 1. The van der Waals surface area contributed by atoms with E-state index in [0.29, 0.717) is 24.5 Å². The highest BCUT2D eigenvalue weighted by atomic mass is 16.5. The van der Waals surface area contributed by atoms with Crippen LogP contribution in [-0.2, 0) is 28.7 Å². The van der Waals surface area contributed by atoms with Gasteiger partial charge in [0.25, 0.3) is 0 Å². The molecule has 0 fully saturated rings. The van der Waals surface area contributed by atoms with E-state index < -0.39 is 0 Å². The molecule has 208 valence electrons. The van der Waals surface area contributed by atoms with Gasteiger partial charge in [0.2, 0.25) is 5.91 Å². The van der Waals surface area contributed by atoms with Gasteiger partial charge in [0.15, 0.2) is 0 Å². The standard InChI is InChI=1S/C35H40N2O3/c1-34(2,3)29-20-25(21-30(33(29)39)35(4,5)6)16-19-32(38)37-36-22-28-27-15-11-10-14-26(27)17-18-31(28)40-23-24-12-8-7-9-13-24/h7-15,17-18,20-22,39H,16,19,23H2,1-6H3,(H,37,38). The van der Waals surface area contributed by atoms with Gasteiger partial charge in [-0.25, -0.2) is 5.43 Å². The monoisotopic (exact) mass is 536 g/mol. The van der Waals surface area contributed by atoms with Crippen molar-refractivity contribution >= 4 is 22.9 Å². The molecule has 0 aliphatic carbocycles. The van der Waals surface area contributed by atoms with Crippen LogP contribution in [0.1, 0.15) is 75.8 Å². The molecule has 40 heavy (non-hydrogen) atoms. The molecule has 0 unspecified atom stereocenters. The third kappa shape index (κ3) is 7.09. The summed E-state index contributed by atoms with van der Waals surface area (Å²) in [5, 5.41) is 17.3. The van der Waals surface area contributed by atoms with Gasteiger partial charge in [-0.05, 0) is 56.3 Å². The third-order valence-electron chi connectivity index (χ3n) is 6.98. The number of phenolic OH excluding ortho intramolecular Hbond substituents is 1. The number of amides is 1. The molecule has 4 rings (SSSR count). The van der Waals surface area contributed by atoms with Crippen LogP contribution >= 0.6 is 0 Å². The Morgan fingerprint density at radius 1 is 0.850 bits per heavy atom. The van der Waals surface area contributed by atoms with Crippen molar-refractivity contribution in [2.45, 2.75) is 71.8 Å². The van der Waals surface area contributed by atoms with E-state index in [2.05, 4.69) is 52.1 Å². The topological polar surface area (TPSA) is 70.9 Å². The van der Waals surface area contributed by atoms with Crippen molar-refractivity contribution in [3.05, 3.63) is 107 Å². The van der Waals surface area contributed by atoms with Crippen molar-refractivity contribution in [3.8, 4) is 11.5 Å². The van der Waals surface area contributed by atoms with Crippen LogP contribution in [0.4, 0.5) is 0 Å². The van der Waals surface area contributed by atoms with Crippen LogP contribution in [0.2, 0.25) is 0 Å². The Labute approximate surface area is 237 Å². The Bertz CT molecular complexity index is 1470. The fourth-order valence-electron chi connectivity index (χ4n) is 4.73. The van der Waals surface area contributed by atoms with Crippen LogP contribution in [0.25, 0.3) is 10.8 Å². The first-order chi connectivity index (χ1) is 18.9. The molecule has 0 atom stereocenters. The van der Waals surface area contributed by atoms with Crippen molar-refractivity contribution in [3.63, 3.8) is 0 Å². The quantitative estimate of drug-likeness (QED) is 0.178. The van der Waals surface area contributed by atoms with Gasteiger partial charge in [0.1, 0.15) is 18.1 Å². The number of hydrogen-bond donors (Lipinski definition) is 2. The van der Waals surface area contributed by atoms with E-state index in [0.717, 1.165) is 38.6 Å². The number of nitrogens with one attached hydrogen (secondary N) is 1. The lowest BCUT2D eigenvalue weighted by Crippen LogP contribution is -2.20. The summed E-state index contributed by atoms with van der Waals surface area (Å²) >= 11 is 0. The largest absolute Gasteiger partial charge is 0.507 e. The Morgan fingerprint density at radius 2 is 1.48 bits per heavy atom. The van der Waals surface area contributed by atoms with Gasteiger partial charge in [-0.2, -0.15) is 5.10 Å².